The number of hydrogen-bond donors (Lipinski definition) is 0. The second kappa shape index (κ2) is 4.76. The lowest BCUT2D eigenvalue weighted by Gasteiger charge is -2.48. The second-order valence-electron chi connectivity index (χ2n) is 6.98. The van der Waals surface area contributed by atoms with Crippen molar-refractivity contribution in [1.82, 2.24) is 9.21 Å². The summed E-state index contributed by atoms with van der Waals surface area (Å²) in [5, 5.41) is 0. The molecule has 108 valence electrons. The Labute approximate surface area is 112 Å². The van der Waals surface area contributed by atoms with Crippen LogP contribution in [0.3, 0.4) is 0 Å². The number of likely N-dealkylation sites (N-methyl/N-ethyl adjacent to an activating group) is 1. The Morgan fingerprint density at radius 1 is 1.17 bits per heavy atom. The molecule has 1 heterocycles. The maximum Gasteiger partial charge on any atom is 0.211 e. The Hall–Kier alpha value is -0.130. The van der Waals surface area contributed by atoms with Crippen LogP contribution in [0.25, 0.3) is 0 Å². The first-order valence-corrected chi connectivity index (χ1v) is 8.40. The molecule has 1 aliphatic heterocycles. The molecule has 0 N–H and O–H groups in total. The van der Waals surface area contributed by atoms with Crippen LogP contribution in [0.4, 0.5) is 0 Å². The van der Waals surface area contributed by atoms with Crippen molar-refractivity contribution in [3.05, 3.63) is 0 Å². The van der Waals surface area contributed by atoms with Crippen molar-refractivity contribution in [2.45, 2.75) is 52.6 Å². The van der Waals surface area contributed by atoms with Gasteiger partial charge < -0.3 is 0 Å². The molecule has 0 aromatic carbocycles. The third kappa shape index (κ3) is 3.06. The Kier molecular flexibility index (Phi) is 4.21. The maximum absolute atomic E-state index is 11.6. The topological polar surface area (TPSA) is 40.6 Å². The molecule has 0 spiro atoms. The van der Waals surface area contributed by atoms with E-state index in [4.69, 9.17) is 0 Å². The highest BCUT2D eigenvalue weighted by molar-refractivity contribution is 7.88. The number of rotatable bonds is 3. The highest BCUT2D eigenvalue weighted by Crippen LogP contribution is 2.37. The fraction of sp³-hybridized carbons (Fsp3) is 1.00. The van der Waals surface area contributed by atoms with Gasteiger partial charge in [0.2, 0.25) is 10.0 Å². The minimum atomic E-state index is -3.04. The van der Waals surface area contributed by atoms with E-state index in [1.165, 1.54) is 6.26 Å². The van der Waals surface area contributed by atoms with E-state index in [-0.39, 0.29) is 11.0 Å². The van der Waals surface area contributed by atoms with Crippen molar-refractivity contribution in [3.63, 3.8) is 0 Å². The predicted molar refractivity (Wildman–Crippen MR) is 76.1 cm³/mol. The van der Waals surface area contributed by atoms with Crippen molar-refractivity contribution in [2.24, 2.45) is 5.41 Å². The molecule has 1 rings (SSSR count). The molecule has 0 radical (unpaired) electrons. The van der Waals surface area contributed by atoms with Crippen molar-refractivity contribution >= 4 is 10.0 Å². The van der Waals surface area contributed by atoms with E-state index in [2.05, 4.69) is 46.6 Å². The van der Waals surface area contributed by atoms with E-state index in [0.29, 0.717) is 19.1 Å². The lowest BCUT2D eigenvalue weighted by Crippen LogP contribution is -2.55. The molecule has 1 fully saturated rings. The van der Waals surface area contributed by atoms with Gasteiger partial charge in [-0.2, -0.15) is 0 Å². The zero-order chi connectivity index (χ0) is 14.4. The molecule has 1 aliphatic rings. The smallest absolute Gasteiger partial charge is 0.211 e. The van der Waals surface area contributed by atoms with Crippen LogP contribution in [-0.2, 0) is 10.0 Å². The molecule has 5 heteroatoms. The first kappa shape index (κ1) is 15.9. The molecular weight excluding hydrogens is 248 g/mol. The van der Waals surface area contributed by atoms with Gasteiger partial charge in [-0.05, 0) is 32.7 Å². The van der Waals surface area contributed by atoms with Crippen molar-refractivity contribution in [1.29, 1.82) is 0 Å². The second-order valence-corrected chi connectivity index (χ2v) is 8.97. The van der Waals surface area contributed by atoms with Crippen molar-refractivity contribution < 1.29 is 8.42 Å². The van der Waals surface area contributed by atoms with Crippen LogP contribution in [0.1, 0.15) is 41.0 Å². The SMILES string of the molecule is CN([C@H]1CCN(S(C)(=O)=O)C1)C(C)(C)C(C)(C)C. The van der Waals surface area contributed by atoms with Crippen LogP contribution >= 0.6 is 0 Å². The Morgan fingerprint density at radius 2 is 1.67 bits per heavy atom. The van der Waals surface area contributed by atoms with E-state index in [1.807, 2.05) is 0 Å². The third-order valence-corrected chi connectivity index (χ3v) is 6.13. The van der Waals surface area contributed by atoms with Gasteiger partial charge in [0.05, 0.1) is 6.26 Å². The fourth-order valence-electron chi connectivity index (χ4n) is 2.31. The molecule has 0 saturated carbocycles. The lowest BCUT2D eigenvalue weighted by molar-refractivity contribution is 0.0148. The average molecular weight is 276 g/mol. The monoisotopic (exact) mass is 276 g/mol. The van der Waals surface area contributed by atoms with Gasteiger partial charge >= 0.3 is 0 Å². The first-order chi connectivity index (χ1) is 7.87. The molecule has 0 aromatic rings. The maximum atomic E-state index is 11.6. The molecule has 1 atom stereocenters. The minimum Gasteiger partial charge on any atom is -0.296 e. The standard InChI is InChI=1S/C13H28N2O2S/c1-12(2,3)13(4,5)14(6)11-8-9-15(10-11)18(7,16)17/h11H,8-10H2,1-7H3/t11-/m0/s1. The summed E-state index contributed by atoms with van der Waals surface area (Å²) < 4.78 is 24.7. The summed E-state index contributed by atoms with van der Waals surface area (Å²) >= 11 is 0. The van der Waals surface area contributed by atoms with E-state index >= 15 is 0 Å². The first-order valence-electron chi connectivity index (χ1n) is 6.55. The van der Waals surface area contributed by atoms with Crippen molar-refractivity contribution in [2.75, 3.05) is 26.4 Å². The molecule has 0 amide bonds. The van der Waals surface area contributed by atoms with Gasteiger partial charge in [-0.25, -0.2) is 12.7 Å². The normalized spacial score (nSPS) is 23.9. The molecule has 4 nitrogen and oxygen atoms in total. The van der Waals surface area contributed by atoms with Crippen LogP contribution in [0, 0.1) is 5.41 Å². The molecule has 18 heavy (non-hydrogen) atoms. The number of nitrogens with zero attached hydrogens (tertiary/aromatic N) is 2. The predicted octanol–water partition coefficient (Wildman–Crippen LogP) is 1.78. The van der Waals surface area contributed by atoms with E-state index in [9.17, 15) is 8.42 Å². The van der Waals surface area contributed by atoms with Gasteiger partial charge in [-0.15, -0.1) is 0 Å². The van der Waals surface area contributed by atoms with Crippen LogP contribution in [-0.4, -0.2) is 55.6 Å². The van der Waals surface area contributed by atoms with E-state index in [0.717, 1.165) is 6.42 Å². The summed E-state index contributed by atoms with van der Waals surface area (Å²) in [7, 11) is -0.930. The zero-order valence-electron chi connectivity index (χ0n) is 12.8. The van der Waals surface area contributed by atoms with Crippen LogP contribution in [0.2, 0.25) is 0 Å². The average Bonchev–Trinajstić information content (AvgIpc) is 2.62. The van der Waals surface area contributed by atoms with Crippen LogP contribution in [0.5, 0.6) is 0 Å². The quantitative estimate of drug-likeness (QED) is 0.789. The van der Waals surface area contributed by atoms with E-state index < -0.39 is 10.0 Å². The van der Waals surface area contributed by atoms with Crippen molar-refractivity contribution in [3.8, 4) is 0 Å². The van der Waals surface area contributed by atoms with Gasteiger partial charge in [0.1, 0.15) is 0 Å². The summed E-state index contributed by atoms with van der Waals surface area (Å²) in [6, 6.07) is 0.314. The highest BCUT2D eigenvalue weighted by atomic mass is 32.2. The molecule has 0 aromatic heterocycles. The van der Waals surface area contributed by atoms with Gasteiger partial charge in [0.25, 0.3) is 0 Å². The minimum absolute atomic E-state index is 0.0329. The fourth-order valence-corrected chi connectivity index (χ4v) is 3.19. The van der Waals surface area contributed by atoms with Crippen LogP contribution in [0.15, 0.2) is 0 Å². The molecule has 0 bridgehead atoms. The Bertz CT molecular complexity index is 396. The molecule has 0 aliphatic carbocycles. The summed E-state index contributed by atoms with van der Waals surface area (Å²) in [5.41, 5.74) is 0.186. The number of hydrogen-bond acceptors (Lipinski definition) is 3. The summed E-state index contributed by atoms with van der Waals surface area (Å²) in [4.78, 5) is 2.35. The van der Waals surface area contributed by atoms with E-state index in [1.54, 1.807) is 4.31 Å². The largest absolute Gasteiger partial charge is 0.296 e. The van der Waals surface area contributed by atoms with Gasteiger partial charge in [0, 0.05) is 24.7 Å². The third-order valence-electron chi connectivity index (χ3n) is 4.86. The van der Waals surface area contributed by atoms with Gasteiger partial charge in [-0.3, -0.25) is 4.90 Å². The summed E-state index contributed by atoms with van der Waals surface area (Å²) in [6.45, 7) is 12.4. The highest BCUT2D eigenvalue weighted by Gasteiger charge is 2.42. The summed E-state index contributed by atoms with van der Waals surface area (Å²) in [6.07, 6.45) is 2.22. The molecule has 1 saturated heterocycles. The zero-order valence-corrected chi connectivity index (χ0v) is 13.6. The Balaban J connectivity index is 2.80. The number of sulfonamides is 1. The van der Waals surface area contributed by atoms with Crippen LogP contribution < -0.4 is 0 Å². The summed E-state index contributed by atoms with van der Waals surface area (Å²) in [5.74, 6) is 0. The van der Waals surface area contributed by atoms with Gasteiger partial charge in [-0.1, -0.05) is 20.8 Å². The Morgan fingerprint density at radius 3 is 2.00 bits per heavy atom. The van der Waals surface area contributed by atoms with Gasteiger partial charge in [0.15, 0.2) is 0 Å². The molecular formula is C13H28N2O2S. The lowest BCUT2D eigenvalue weighted by atomic mass is 9.74. The molecule has 0 unspecified atom stereocenters.